The first-order valence-electron chi connectivity index (χ1n) is 8.30. The van der Waals surface area contributed by atoms with Crippen LogP contribution in [-0.2, 0) is 22.5 Å². The Labute approximate surface area is 136 Å². The zero-order valence-corrected chi connectivity index (χ0v) is 13.5. The van der Waals surface area contributed by atoms with Crippen LogP contribution >= 0.6 is 0 Å². The van der Waals surface area contributed by atoms with Crippen LogP contribution in [0.3, 0.4) is 0 Å². The van der Waals surface area contributed by atoms with E-state index in [1.54, 1.807) is 0 Å². The summed E-state index contributed by atoms with van der Waals surface area (Å²) in [6.45, 7) is 5.76. The van der Waals surface area contributed by atoms with Gasteiger partial charge in [0.05, 0.1) is 24.2 Å². The van der Waals surface area contributed by atoms with E-state index >= 15 is 0 Å². The number of nitrogens with zero attached hydrogens (tertiary/aromatic N) is 2. The average molecular weight is 316 g/mol. The van der Waals surface area contributed by atoms with E-state index in [1.165, 1.54) is 0 Å². The van der Waals surface area contributed by atoms with Gasteiger partial charge in [0, 0.05) is 38.5 Å². The van der Waals surface area contributed by atoms with Crippen molar-refractivity contribution in [2.75, 3.05) is 26.3 Å². The summed E-state index contributed by atoms with van der Waals surface area (Å²) in [6, 6.07) is 8.27. The second-order valence-corrected chi connectivity index (χ2v) is 5.79. The summed E-state index contributed by atoms with van der Waals surface area (Å²) in [7, 11) is 0. The van der Waals surface area contributed by atoms with E-state index in [2.05, 4.69) is 33.2 Å². The fourth-order valence-electron chi connectivity index (χ4n) is 3.03. The minimum absolute atomic E-state index is 0.0622. The van der Waals surface area contributed by atoms with E-state index in [9.17, 15) is 4.79 Å². The number of fused-ring (bicyclic) bond motifs is 1. The zero-order valence-electron chi connectivity index (χ0n) is 13.5. The first kappa shape index (κ1) is 16.0. The summed E-state index contributed by atoms with van der Waals surface area (Å²) in [4.78, 5) is 16.7. The van der Waals surface area contributed by atoms with Crippen LogP contribution in [0.15, 0.2) is 24.3 Å². The molecule has 6 nitrogen and oxygen atoms in total. The van der Waals surface area contributed by atoms with Crippen molar-refractivity contribution in [1.82, 2.24) is 20.2 Å². The van der Waals surface area contributed by atoms with Gasteiger partial charge in [-0.3, -0.25) is 4.79 Å². The summed E-state index contributed by atoms with van der Waals surface area (Å²) >= 11 is 0. The monoisotopic (exact) mass is 316 g/mol. The Morgan fingerprint density at radius 1 is 1.48 bits per heavy atom. The molecule has 0 aliphatic carbocycles. The van der Waals surface area contributed by atoms with E-state index in [-0.39, 0.29) is 11.9 Å². The molecule has 1 fully saturated rings. The molecule has 23 heavy (non-hydrogen) atoms. The standard InChI is InChI=1S/C17H24N4O2/c1-2-21-15-6-4-3-5-14(15)20-16(21)7-8-19-17(22)11-13-12-23-10-9-18-13/h3-6,13,18H,2,7-12H2,1H3,(H,19,22). The number of aromatic nitrogens is 2. The van der Waals surface area contributed by atoms with Crippen LogP contribution in [0.1, 0.15) is 19.2 Å². The van der Waals surface area contributed by atoms with Gasteiger partial charge in [0.25, 0.3) is 0 Å². The van der Waals surface area contributed by atoms with Gasteiger partial charge in [0.1, 0.15) is 5.82 Å². The predicted molar refractivity (Wildman–Crippen MR) is 89.3 cm³/mol. The zero-order chi connectivity index (χ0) is 16.1. The lowest BCUT2D eigenvalue weighted by Gasteiger charge is -2.23. The largest absolute Gasteiger partial charge is 0.378 e. The number of carbonyl (C=O) groups excluding carboxylic acids is 1. The van der Waals surface area contributed by atoms with Crippen LogP contribution in [0.25, 0.3) is 11.0 Å². The van der Waals surface area contributed by atoms with Crippen LogP contribution in [0.2, 0.25) is 0 Å². The maximum absolute atomic E-state index is 12.0. The third kappa shape index (κ3) is 3.89. The number of para-hydroxylation sites is 2. The molecule has 3 rings (SSSR count). The van der Waals surface area contributed by atoms with Gasteiger partial charge in [-0.05, 0) is 19.1 Å². The van der Waals surface area contributed by atoms with Gasteiger partial charge >= 0.3 is 0 Å². The average Bonchev–Trinajstić information content (AvgIpc) is 2.93. The van der Waals surface area contributed by atoms with Gasteiger partial charge in [-0.1, -0.05) is 12.1 Å². The summed E-state index contributed by atoms with van der Waals surface area (Å²) in [5.41, 5.74) is 2.17. The normalized spacial score (nSPS) is 18.2. The molecule has 0 spiro atoms. The summed E-state index contributed by atoms with van der Waals surface area (Å²) < 4.78 is 7.57. The first-order valence-corrected chi connectivity index (χ1v) is 8.30. The number of ether oxygens (including phenoxy) is 1. The van der Waals surface area contributed by atoms with Gasteiger partial charge in [0.15, 0.2) is 0 Å². The minimum atomic E-state index is 0.0622. The molecule has 1 unspecified atom stereocenters. The van der Waals surface area contributed by atoms with Crippen molar-refractivity contribution in [2.24, 2.45) is 0 Å². The Morgan fingerprint density at radius 2 is 2.35 bits per heavy atom. The van der Waals surface area contributed by atoms with Crippen molar-refractivity contribution >= 4 is 16.9 Å². The number of hydrogen-bond acceptors (Lipinski definition) is 4. The molecule has 1 atom stereocenters. The number of rotatable bonds is 6. The lowest BCUT2D eigenvalue weighted by atomic mass is 10.2. The second kappa shape index (κ2) is 7.57. The Bertz CT molecular complexity index is 662. The Kier molecular flexibility index (Phi) is 5.25. The molecular weight excluding hydrogens is 292 g/mol. The molecule has 1 saturated heterocycles. The minimum Gasteiger partial charge on any atom is -0.378 e. The summed E-state index contributed by atoms with van der Waals surface area (Å²) in [5, 5.41) is 6.28. The van der Waals surface area contributed by atoms with Gasteiger partial charge in [-0.2, -0.15) is 0 Å². The molecule has 0 radical (unpaired) electrons. The number of morpholine rings is 1. The highest BCUT2D eigenvalue weighted by Crippen LogP contribution is 2.16. The maximum atomic E-state index is 12.0. The molecule has 1 amide bonds. The number of benzene rings is 1. The number of nitrogens with one attached hydrogen (secondary N) is 2. The van der Waals surface area contributed by atoms with E-state index in [0.29, 0.717) is 19.6 Å². The number of imidazole rings is 1. The topological polar surface area (TPSA) is 68.2 Å². The van der Waals surface area contributed by atoms with Crippen molar-refractivity contribution in [2.45, 2.75) is 32.4 Å². The Balaban J connectivity index is 1.53. The van der Waals surface area contributed by atoms with Crippen molar-refractivity contribution in [3.63, 3.8) is 0 Å². The highest BCUT2D eigenvalue weighted by molar-refractivity contribution is 5.77. The fourth-order valence-corrected chi connectivity index (χ4v) is 3.03. The Morgan fingerprint density at radius 3 is 3.13 bits per heavy atom. The highest BCUT2D eigenvalue weighted by atomic mass is 16.5. The van der Waals surface area contributed by atoms with Crippen molar-refractivity contribution < 1.29 is 9.53 Å². The van der Waals surface area contributed by atoms with E-state index in [1.807, 2.05) is 18.2 Å². The van der Waals surface area contributed by atoms with Crippen molar-refractivity contribution in [1.29, 1.82) is 0 Å². The van der Waals surface area contributed by atoms with E-state index in [0.717, 1.165) is 43.0 Å². The summed E-state index contributed by atoms with van der Waals surface area (Å²) in [6.07, 6.45) is 1.20. The molecule has 0 saturated carbocycles. The molecule has 2 heterocycles. The van der Waals surface area contributed by atoms with Crippen molar-refractivity contribution in [3.8, 4) is 0 Å². The highest BCUT2D eigenvalue weighted by Gasteiger charge is 2.16. The smallest absolute Gasteiger partial charge is 0.221 e. The van der Waals surface area contributed by atoms with Crippen LogP contribution in [0.5, 0.6) is 0 Å². The summed E-state index contributed by atoms with van der Waals surface area (Å²) in [5.74, 6) is 1.08. The Hall–Kier alpha value is -1.92. The van der Waals surface area contributed by atoms with Gasteiger partial charge < -0.3 is 19.9 Å². The number of aryl methyl sites for hydroxylation is 1. The molecule has 1 aromatic carbocycles. The van der Waals surface area contributed by atoms with Gasteiger partial charge in [0.2, 0.25) is 5.91 Å². The third-order valence-electron chi connectivity index (χ3n) is 4.15. The quantitative estimate of drug-likeness (QED) is 0.837. The molecule has 1 aliphatic heterocycles. The van der Waals surface area contributed by atoms with Crippen LogP contribution < -0.4 is 10.6 Å². The molecule has 2 aromatic rings. The fraction of sp³-hybridized carbons (Fsp3) is 0.529. The van der Waals surface area contributed by atoms with E-state index in [4.69, 9.17) is 4.74 Å². The lowest BCUT2D eigenvalue weighted by Crippen LogP contribution is -2.44. The first-order chi connectivity index (χ1) is 11.3. The van der Waals surface area contributed by atoms with Crippen LogP contribution in [0, 0.1) is 0 Å². The van der Waals surface area contributed by atoms with Gasteiger partial charge in [-0.15, -0.1) is 0 Å². The number of amides is 1. The molecule has 1 aliphatic rings. The third-order valence-corrected chi connectivity index (χ3v) is 4.15. The maximum Gasteiger partial charge on any atom is 0.221 e. The molecule has 1 aromatic heterocycles. The SMILES string of the molecule is CCn1c(CCNC(=O)CC2COCCN2)nc2ccccc21. The van der Waals surface area contributed by atoms with Crippen molar-refractivity contribution in [3.05, 3.63) is 30.1 Å². The number of carbonyl (C=O) groups is 1. The predicted octanol–water partition coefficient (Wildman–Crippen LogP) is 1.09. The molecule has 0 bridgehead atoms. The molecule has 6 heteroatoms. The molecule has 124 valence electrons. The molecule has 2 N–H and O–H groups in total. The molecular formula is C17H24N4O2. The second-order valence-electron chi connectivity index (χ2n) is 5.79. The lowest BCUT2D eigenvalue weighted by molar-refractivity contribution is -0.122. The van der Waals surface area contributed by atoms with Crippen LogP contribution in [-0.4, -0.2) is 47.8 Å². The van der Waals surface area contributed by atoms with Crippen LogP contribution in [0.4, 0.5) is 0 Å². The van der Waals surface area contributed by atoms with E-state index < -0.39 is 0 Å². The van der Waals surface area contributed by atoms with Gasteiger partial charge in [-0.25, -0.2) is 4.98 Å². The number of hydrogen-bond donors (Lipinski definition) is 2.